The average Bonchev–Trinajstić information content (AvgIpc) is 2.40. The van der Waals surface area contributed by atoms with E-state index in [0.29, 0.717) is 0 Å². The van der Waals surface area contributed by atoms with Crippen LogP contribution in [0.4, 0.5) is 0 Å². The first kappa shape index (κ1) is 18.0. The maximum absolute atomic E-state index is 3.83. The van der Waals surface area contributed by atoms with Crippen LogP contribution in [0.15, 0.2) is 0 Å². The molecule has 0 fully saturated rings. The van der Waals surface area contributed by atoms with Gasteiger partial charge in [0.15, 0.2) is 0 Å². The second-order valence-electron chi connectivity index (χ2n) is 5.64. The van der Waals surface area contributed by atoms with Gasteiger partial charge >= 0.3 is 116 Å². The van der Waals surface area contributed by atoms with Crippen LogP contribution in [-0.4, -0.2) is 18.5 Å². The molecule has 0 aliphatic heterocycles. The van der Waals surface area contributed by atoms with E-state index in [9.17, 15) is 0 Å². The van der Waals surface area contributed by atoms with Gasteiger partial charge in [-0.15, -0.1) is 0 Å². The number of unbranched alkanes of at least 4 members (excludes halogenated alkanes) is 4. The Hall–Kier alpha value is -0.0100. The summed E-state index contributed by atoms with van der Waals surface area (Å²) in [5, 5.41) is 0. The molecule has 0 atom stereocenters. The van der Waals surface area contributed by atoms with Gasteiger partial charge in [-0.25, -0.2) is 0 Å². The van der Waals surface area contributed by atoms with E-state index in [-0.39, 0.29) is 0 Å². The standard InChI is InChI=1S/C17H35P/c1-5-9-13-17-18(14-10-6-2,15-11-7-3)16-12-8-4/h18H,5-12,14-16H2,1-4H3. The summed E-state index contributed by atoms with van der Waals surface area (Å²) in [5.41, 5.74) is 3.83. The summed E-state index contributed by atoms with van der Waals surface area (Å²) in [6, 6.07) is 0. The topological polar surface area (TPSA) is 0 Å². The van der Waals surface area contributed by atoms with E-state index in [1.165, 1.54) is 63.4 Å². The summed E-state index contributed by atoms with van der Waals surface area (Å²) in [4.78, 5) is 0. The summed E-state index contributed by atoms with van der Waals surface area (Å²) in [6.45, 7) is 9.19. The second kappa shape index (κ2) is 12.0. The van der Waals surface area contributed by atoms with Crippen LogP contribution in [0.25, 0.3) is 0 Å². The fraction of sp³-hybridized carbons (Fsp3) is 0.882. The van der Waals surface area contributed by atoms with E-state index in [2.05, 4.69) is 39.3 Å². The molecule has 1 heteroatoms. The van der Waals surface area contributed by atoms with E-state index in [1.54, 1.807) is 0 Å². The first-order chi connectivity index (χ1) is 8.74. The van der Waals surface area contributed by atoms with Crippen molar-refractivity contribution in [2.24, 2.45) is 0 Å². The Labute approximate surface area is 117 Å². The van der Waals surface area contributed by atoms with Crippen LogP contribution >= 0.6 is 7.26 Å². The van der Waals surface area contributed by atoms with Crippen molar-refractivity contribution in [1.82, 2.24) is 0 Å². The molecule has 0 aromatic rings. The summed E-state index contributed by atoms with van der Waals surface area (Å²) < 4.78 is 0. The molecule has 108 valence electrons. The van der Waals surface area contributed by atoms with Crippen molar-refractivity contribution in [2.75, 3.05) is 18.5 Å². The third-order valence-corrected chi connectivity index (χ3v) is 8.39. The summed E-state index contributed by atoms with van der Waals surface area (Å²) in [7, 11) is -1.26. The molecule has 0 bridgehead atoms. The fourth-order valence-corrected chi connectivity index (χ4v) is 7.20. The number of hydrogen-bond acceptors (Lipinski definition) is 0. The van der Waals surface area contributed by atoms with Gasteiger partial charge in [0.1, 0.15) is 0 Å². The van der Waals surface area contributed by atoms with Crippen LogP contribution in [0.5, 0.6) is 0 Å². The quantitative estimate of drug-likeness (QED) is 0.342. The molecule has 0 aliphatic carbocycles. The molecule has 0 rings (SSSR count). The molecule has 0 amide bonds. The number of rotatable bonds is 10. The SMILES string of the molecule is CCCC#C[PH](CCCC)(CCCC)CCCC. The minimum atomic E-state index is -1.26. The Morgan fingerprint density at radius 3 is 1.44 bits per heavy atom. The molecular formula is C17H35P. The minimum absolute atomic E-state index is 1.11. The first-order valence-electron chi connectivity index (χ1n) is 8.24. The molecule has 0 saturated heterocycles. The van der Waals surface area contributed by atoms with E-state index in [4.69, 9.17) is 0 Å². The Morgan fingerprint density at radius 1 is 0.667 bits per heavy atom. The second-order valence-corrected chi connectivity index (χ2v) is 9.95. The van der Waals surface area contributed by atoms with Gasteiger partial charge in [-0.2, -0.15) is 0 Å². The van der Waals surface area contributed by atoms with Crippen LogP contribution in [0.1, 0.15) is 79.1 Å². The van der Waals surface area contributed by atoms with Crippen molar-refractivity contribution in [2.45, 2.75) is 79.1 Å². The van der Waals surface area contributed by atoms with Crippen molar-refractivity contribution < 1.29 is 0 Å². The van der Waals surface area contributed by atoms with E-state index in [1.807, 2.05) is 0 Å². The Balaban J connectivity index is 4.69. The van der Waals surface area contributed by atoms with Crippen molar-refractivity contribution in [1.29, 1.82) is 0 Å². The molecule has 0 aromatic heterocycles. The van der Waals surface area contributed by atoms with Gasteiger partial charge < -0.3 is 0 Å². The van der Waals surface area contributed by atoms with Crippen molar-refractivity contribution in [3.8, 4) is 11.6 Å². The Kier molecular flexibility index (Phi) is 12.0. The predicted molar refractivity (Wildman–Crippen MR) is 90.3 cm³/mol. The van der Waals surface area contributed by atoms with Crippen molar-refractivity contribution in [3.05, 3.63) is 0 Å². The number of hydrogen-bond donors (Lipinski definition) is 0. The maximum atomic E-state index is 3.83. The van der Waals surface area contributed by atoms with Crippen LogP contribution in [-0.2, 0) is 0 Å². The van der Waals surface area contributed by atoms with Gasteiger partial charge in [0.2, 0.25) is 0 Å². The molecule has 0 spiro atoms. The molecule has 0 aliphatic rings. The Bertz CT molecular complexity index is 212. The molecule has 0 aromatic carbocycles. The van der Waals surface area contributed by atoms with E-state index < -0.39 is 7.26 Å². The zero-order chi connectivity index (χ0) is 13.7. The van der Waals surface area contributed by atoms with Crippen LogP contribution in [0.2, 0.25) is 0 Å². The average molecular weight is 270 g/mol. The summed E-state index contributed by atoms with van der Waals surface area (Å²) in [5.74, 6) is 3.51. The zero-order valence-corrected chi connectivity index (χ0v) is 14.3. The molecule has 18 heavy (non-hydrogen) atoms. The van der Waals surface area contributed by atoms with Crippen molar-refractivity contribution >= 4 is 7.26 Å². The zero-order valence-electron chi connectivity index (χ0n) is 13.3. The molecule has 0 saturated carbocycles. The van der Waals surface area contributed by atoms with E-state index in [0.717, 1.165) is 6.42 Å². The molecule has 0 nitrogen and oxygen atoms in total. The van der Waals surface area contributed by atoms with Gasteiger partial charge in [-0.3, -0.25) is 0 Å². The Morgan fingerprint density at radius 2 is 1.11 bits per heavy atom. The monoisotopic (exact) mass is 270 g/mol. The third kappa shape index (κ3) is 8.16. The van der Waals surface area contributed by atoms with Gasteiger partial charge in [-0.05, 0) is 0 Å². The fourth-order valence-electron chi connectivity index (χ4n) is 2.48. The molecular weight excluding hydrogens is 235 g/mol. The van der Waals surface area contributed by atoms with Gasteiger partial charge in [-0.1, -0.05) is 0 Å². The van der Waals surface area contributed by atoms with Crippen molar-refractivity contribution in [3.63, 3.8) is 0 Å². The summed E-state index contributed by atoms with van der Waals surface area (Å²) in [6.07, 6.45) is 14.9. The summed E-state index contributed by atoms with van der Waals surface area (Å²) >= 11 is 0. The van der Waals surface area contributed by atoms with E-state index >= 15 is 0 Å². The molecule has 0 radical (unpaired) electrons. The molecule has 0 unspecified atom stereocenters. The normalized spacial score (nSPS) is 12.0. The molecule has 0 heterocycles. The predicted octanol–water partition coefficient (Wildman–Crippen LogP) is 5.90. The molecule has 0 N–H and O–H groups in total. The van der Waals surface area contributed by atoms with Gasteiger partial charge in [0.05, 0.1) is 0 Å². The van der Waals surface area contributed by atoms with Crippen LogP contribution in [0.3, 0.4) is 0 Å². The third-order valence-electron chi connectivity index (χ3n) is 3.76. The van der Waals surface area contributed by atoms with Gasteiger partial charge in [0, 0.05) is 0 Å². The van der Waals surface area contributed by atoms with Crippen LogP contribution in [0, 0.1) is 11.6 Å². The van der Waals surface area contributed by atoms with Gasteiger partial charge in [0.25, 0.3) is 0 Å². The van der Waals surface area contributed by atoms with Crippen LogP contribution < -0.4 is 0 Å². The first-order valence-corrected chi connectivity index (χ1v) is 10.9.